The summed E-state index contributed by atoms with van der Waals surface area (Å²) in [7, 11) is 1.56. The van der Waals surface area contributed by atoms with Gasteiger partial charge in [0.05, 0.1) is 23.2 Å². The highest BCUT2D eigenvalue weighted by molar-refractivity contribution is 7.19. The van der Waals surface area contributed by atoms with Gasteiger partial charge in [-0.15, -0.1) is 0 Å². The molecule has 0 saturated heterocycles. The smallest absolute Gasteiger partial charge is 0.261 e. The zero-order valence-corrected chi connectivity index (χ0v) is 17.9. The van der Waals surface area contributed by atoms with Crippen LogP contribution in [0.1, 0.15) is 21.5 Å². The zero-order chi connectivity index (χ0) is 21.1. The monoisotopic (exact) mass is 414 g/mol. The Labute approximate surface area is 180 Å². The molecule has 3 aromatic carbocycles. The van der Waals surface area contributed by atoms with Crippen LogP contribution in [0.5, 0.6) is 5.75 Å². The fourth-order valence-corrected chi connectivity index (χ4v) is 4.22. The molecule has 4 nitrogen and oxygen atoms in total. The summed E-state index contributed by atoms with van der Waals surface area (Å²) in [5, 5.41) is 3.50. The van der Waals surface area contributed by atoms with Gasteiger partial charge in [0.25, 0.3) is 5.91 Å². The van der Waals surface area contributed by atoms with Gasteiger partial charge in [-0.3, -0.25) is 10.1 Å². The molecule has 150 valence electrons. The number of hydrogen-bond donors (Lipinski definition) is 1. The van der Waals surface area contributed by atoms with Crippen molar-refractivity contribution < 1.29 is 9.53 Å². The van der Waals surface area contributed by atoms with Crippen LogP contribution in [0.2, 0.25) is 0 Å². The van der Waals surface area contributed by atoms with Gasteiger partial charge in [-0.05, 0) is 42.7 Å². The zero-order valence-electron chi connectivity index (χ0n) is 17.1. The minimum Gasteiger partial charge on any atom is -0.496 e. The molecule has 0 unspecified atom stereocenters. The van der Waals surface area contributed by atoms with E-state index in [0.29, 0.717) is 16.4 Å². The van der Waals surface area contributed by atoms with Gasteiger partial charge < -0.3 is 4.74 Å². The standard InChI is InChI=1S/C25H22N2O2S/c1-16-13-14-19(15-17(16)2)23-22(18-9-5-4-6-10-18)26-25(30-23)27-24(28)20-11-7-8-12-21(20)29-3/h4-15H,1-3H3,(H,26,27,28). The number of nitrogens with zero attached hydrogens (tertiary/aromatic N) is 1. The Balaban J connectivity index is 1.75. The third-order valence-corrected chi connectivity index (χ3v) is 6.04. The van der Waals surface area contributed by atoms with Gasteiger partial charge in [0.15, 0.2) is 5.13 Å². The summed E-state index contributed by atoms with van der Waals surface area (Å²) < 4.78 is 5.32. The predicted molar refractivity (Wildman–Crippen MR) is 123 cm³/mol. The predicted octanol–water partition coefficient (Wildman–Crippen LogP) is 6.35. The van der Waals surface area contributed by atoms with Crippen LogP contribution in [-0.2, 0) is 0 Å². The number of carbonyl (C=O) groups is 1. The van der Waals surface area contributed by atoms with Gasteiger partial charge in [-0.1, -0.05) is 72.0 Å². The second-order valence-corrected chi connectivity index (χ2v) is 8.02. The Morgan fingerprint density at radius 2 is 1.63 bits per heavy atom. The van der Waals surface area contributed by atoms with E-state index < -0.39 is 0 Å². The number of anilines is 1. The molecule has 4 rings (SSSR count). The average molecular weight is 415 g/mol. The number of ether oxygens (including phenoxy) is 1. The quantitative estimate of drug-likeness (QED) is 0.414. The fraction of sp³-hybridized carbons (Fsp3) is 0.120. The van der Waals surface area contributed by atoms with Crippen LogP contribution >= 0.6 is 11.3 Å². The molecule has 0 spiro atoms. The number of amides is 1. The molecule has 0 bridgehead atoms. The third kappa shape index (κ3) is 3.98. The molecular formula is C25H22N2O2S. The fourth-order valence-electron chi connectivity index (χ4n) is 3.24. The Kier molecular flexibility index (Phi) is 5.63. The molecule has 0 aliphatic rings. The number of thiazole rings is 1. The van der Waals surface area contributed by atoms with E-state index in [0.717, 1.165) is 21.7 Å². The first kappa shape index (κ1) is 19.9. The molecule has 0 saturated carbocycles. The van der Waals surface area contributed by atoms with Crippen LogP contribution in [0.25, 0.3) is 21.7 Å². The van der Waals surface area contributed by atoms with E-state index in [9.17, 15) is 4.79 Å². The maximum Gasteiger partial charge on any atom is 0.261 e. The number of nitrogens with one attached hydrogen (secondary N) is 1. The van der Waals surface area contributed by atoms with Crippen LogP contribution in [0.3, 0.4) is 0 Å². The van der Waals surface area contributed by atoms with Crippen molar-refractivity contribution in [1.82, 2.24) is 4.98 Å². The van der Waals surface area contributed by atoms with Crippen LogP contribution in [0, 0.1) is 13.8 Å². The van der Waals surface area contributed by atoms with Crippen LogP contribution in [-0.4, -0.2) is 18.0 Å². The summed E-state index contributed by atoms with van der Waals surface area (Å²) in [6.07, 6.45) is 0. The van der Waals surface area contributed by atoms with E-state index in [1.165, 1.54) is 22.5 Å². The third-order valence-electron chi connectivity index (χ3n) is 5.02. The van der Waals surface area contributed by atoms with Crippen LogP contribution < -0.4 is 10.1 Å². The summed E-state index contributed by atoms with van der Waals surface area (Å²) in [4.78, 5) is 18.7. The molecule has 1 amide bonds. The molecule has 30 heavy (non-hydrogen) atoms. The van der Waals surface area contributed by atoms with Gasteiger partial charge in [0, 0.05) is 5.56 Å². The normalized spacial score (nSPS) is 10.6. The average Bonchev–Trinajstić information content (AvgIpc) is 3.20. The van der Waals surface area contributed by atoms with E-state index >= 15 is 0 Å². The molecule has 0 aliphatic heterocycles. The molecular weight excluding hydrogens is 392 g/mol. The molecule has 0 radical (unpaired) electrons. The highest BCUT2D eigenvalue weighted by Gasteiger charge is 2.18. The molecule has 0 atom stereocenters. The van der Waals surface area contributed by atoms with Gasteiger partial charge in [-0.2, -0.15) is 0 Å². The summed E-state index contributed by atoms with van der Waals surface area (Å²) in [6, 6.07) is 23.6. The molecule has 0 aliphatic carbocycles. The minimum absolute atomic E-state index is 0.243. The minimum atomic E-state index is -0.243. The summed E-state index contributed by atoms with van der Waals surface area (Å²) in [6.45, 7) is 4.20. The number of hydrogen-bond acceptors (Lipinski definition) is 4. The van der Waals surface area contributed by atoms with Crippen molar-refractivity contribution in [2.24, 2.45) is 0 Å². The summed E-state index contributed by atoms with van der Waals surface area (Å²) in [5.41, 5.74) is 5.91. The lowest BCUT2D eigenvalue weighted by Gasteiger charge is -2.07. The Hall–Kier alpha value is -3.44. The first-order chi connectivity index (χ1) is 14.6. The first-order valence-electron chi connectivity index (χ1n) is 9.65. The number of carbonyl (C=O) groups excluding carboxylic acids is 1. The van der Waals surface area contributed by atoms with Gasteiger partial charge in [0.1, 0.15) is 5.75 Å². The lowest BCUT2D eigenvalue weighted by atomic mass is 10.0. The SMILES string of the molecule is COc1ccccc1C(=O)Nc1nc(-c2ccccc2)c(-c2ccc(C)c(C)c2)s1. The highest BCUT2D eigenvalue weighted by Crippen LogP contribution is 2.39. The maximum absolute atomic E-state index is 12.9. The van der Waals surface area contributed by atoms with E-state index in [2.05, 4.69) is 37.4 Å². The van der Waals surface area contributed by atoms with Gasteiger partial charge >= 0.3 is 0 Å². The lowest BCUT2D eigenvalue weighted by Crippen LogP contribution is -2.12. The summed E-state index contributed by atoms with van der Waals surface area (Å²) in [5.74, 6) is 0.289. The number of methoxy groups -OCH3 is 1. The number of rotatable bonds is 5. The first-order valence-corrected chi connectivity index (χ1v) is 10.5. The Bertz CT molecular complexity index is 1200. The molecule has 1 aromatic heterocycles. The number of para-hydroxylation sites is 1. The van der Waals surface area contributed by atoms with Crippen LogP contribution in [0.15, 0.2) is 72.8 Å². The Morgan fingerprint density at radius 3 is 2.37 bits per heavy atom. The molecule has 1 heterocycles. The second-order valence-electron chi connectivity index (χ2n) is 7.02. The van der Waals surface area contributed by atoms with Crippen LogP contribution in [0.4, 0.5) is 5.13 Å². The summed E-state index contributed by atoms with van der Waals surface area (Å²) >= 11 is 1.47. The molecule has 1 N–H and O–H groups in total. The van der Waals surface area contributed by atoms with Gasteiger partial charge in [0.2, 0.25) is 0 Å². The van der Waals surface area contributed by atoms with Gasteiger partial charge in [-0.25, -0.2) is 4.98 Å². The molecule has 0 fully saturated rings. The number of benzene rings is 3. The van der Waals surface area contributed by atoms with Crippen molar-refractivity contribution in [3.8, 4) is 27.4 Å². The van der Waals surface area contributed by atoms with E-state index in [1.54, 1.807) is 19.2 Å². The van der Waals surface area contributed by atoms with Crippen molar-refractivity contribution >= 4 is 22.4 Å². The maximum atomic E-state index is 12.9. The highest BCUT2D eigenvalue weighted by atomic mass is 32.1. The number of aryl methyl sites for hydroxylation is 2. The largest absolute Gasteiger partial charge is 0.496 e. The van der Waals surface area contributed by atoms with Crippen molar-refractivity contribution in [3.63, 3.8) is 0 Å². The molecule has 4 aromatic rings. The van der Waals surface area contributed by atoms with Crippen molar-refractivity contribution in [1.29, 1.82) is 0 Å². The van der Waals surface area contributed by atoms with Crippen molar-refractivity contribution in [2.75, 3.05) is 12.4 Å². The van der Waals surface area contributed by atoms with Crippen molar-refractivity contribution in [3.05, 3.63) is 89.5 Å². The van der Waals surface area contributed by atoms with Crippen molar-refractivity contribution in [2.45, 2.75) is 13.8 Å². The van der Waals surface area contributed by atoms with E-state index in [4.69, 9.17) is 9.72 Å². The topological polar surface area (TPSA) is 51.2 Å². The molecule has 5 heteroatoms. The van der Waals surface area contributed by atoms with E-state index in [-0.39, 0.29) is 5.91 Å². The second kappa shape index (κ2) is 8.51. The Morgan fingerprint density at radius 1 is 0.900 bits per heavy atom. The number of aromatic nitrogens is 1. The van der Waals surface area contributed by atoms with E-state index in [1.807, 2.05) is 42.5 Å². The lowest BCUT2D eigenvalue weighted by molar-refractivity contribution is 0.102.